The van der Waals surface area contributed by atoms with Crippen molar-refractivity contribution in [1.82, 2.24) is 14.9 Å². The maximum absolute atomic E-state index is 12.8. The molecule has 0 radical (unpaired) electrons. The van der Waals surface area contributed by atoms with Crippen molar-refractivity contribution in [3.8, 4) is 0 Å². The van der Waals surface area contributed by atoms with Crippen molar-refractivity contribution in [3.05, 3.63) is 35.2 Å². The molecule has 2 heterocycles. The zero-order valence-electron chi connectivity index (χ0n) is 14.9. The summed E-state index contributed by atoms with van der Waals surface area (Å²) in [6.07, 6.45) is 2.09. The summed E-state index contributed by atoms with van der Waals surface area (Å²) in [7, 11) is 1.41. The van der Waals surface area contributed by atoms with Crippen molar-refractivity contribution in [3.63, 3.8) is 0 Å². The first-order valence-corrected chi connectivity index (χ1v) is 8.59. The number of fused-ring (bicyclic) bond motifs is 1. The van der Waals surface area contributed by atoms with Crippen LogP contribution in [-0.4, -0.2) is 46.9 Å². The van der Waals surface area contributed by atoms with Gasteiger partial charge in [-0.3, -0.25) is 9.59 Å². The lowest BCUT2D eigenvalue weighted by molar-refractivity contribution is -0.142. The molecule has 1 aromatic carbocycles. The average Bonchev–Trinajstić information content (AvgIpc) is 2.62. The van der Waals surface area contributed by atoms with Crippen molar-refractivity contribution in [2.45, 2.75) is 33.1 Å². The summed E-state index contributed by atoms with van der Waals surface area (Å²) in [6.45, 7) is 5.18. The maximum atomic E-state index is 12.8. The summed E-state index contributed by atoms with van der Waals surface area (Å²) >= 11 is 0. The highest BCUT2D eigenvalue weighted by Crippen LogP contribution is 2.23. The van der Waals surface area contributed by atoms with Gasteiger partial charge in [-0.1, -0.05) is 0 Å². The molecule has 1 aliphatic heterocycles. The van der Waals surface area contributed by atoms with Gasteiger partial charge in [0.05, 0.1) is 29.5 Å². The van der Waals surface area contributed by atoms with E-state index in [1.54, 1.807) is 0 Å². The first-order chi connectivity index (χ1) is 12.0. The molecule has 0 aliphatic carbocycles. The van der Waals surface area contributed by atoms with Gasteiger partial charge in [-0.15, -0.1) is 0 Å². The van der Waals surface area contributed by atoms with Crippen LogP contribution in [0.2, 0.25) is 0 Å². The highest BCUT2D eigenvalue weighted by molar-refractivity contribution is 5.97. The second-order valence-electron chi connectivity index (χ2n) is 6.61. The molecule has 25 heavy (non-hydrogen) atoms. The Bertz CT molecular complexity index is 811. The number of benzene rings is 1. The molecule has 1 aliphatic rings. The number of amides is 1. The number of hydrogen-bond acceptors (Lipinski definition) is 5. The van der Waals surface area contributed by atoms with E-state index in [0.29, 0.717) is 31.0 Å². The molecule has 1 fully saturated rings. The molecule has 0 atom stereocenters. The monoisotopic (exact) mass is 341 g/mol. The molecule has 0 bridgehead atoms. The third kappa shape index (κ3) is 3.78. The summed E-state index contributed by atoms with van der Waals surface area (Å²) in [5.41, 5.74) is 3.96. The lowest BCUT2D eigenvalue weighted by atomic mass is 9.93. The lowest BCUT2D eigenvalue weighted by Crippen LogP contribution is -2.39. The Morgan fingerprint density at radius 2 is 1.76 bits per heavy atom. The number of aryl methyl sites for hydroxylation is 2. The van der Waals surface area contributed by atoms with Gasteiger partial charge in [0.1, 0.15) is 0 Å². The topological polar surface area (TPSA) is 72.4 Å². The molecular formula is C19H23N3O3. The van der Waals surface area contributed by atoms with Crippen LogP contribution in [0.5, 0.6) is 0 Å². The summed E-state index contributed by atoms with van der Waals surface area (Å²) < 4.78 is 4.72. The highest BCUT2D eigenvalue weighted by Gasteiger charge is 2.25. The van der Waals surface area contributed by atoms with Gasteiger partial charge in [-0.2, -0.15) is 0 Å². The first kappa shape index (κ1) is 17.3. The third-order valence-corrected chi connectivity index (χ3v) is 4.91. The third-order valence-electron chi connectivity index (χ3n) is 4.91. The summed E-state index contributed by atoms with van der Waals surface area (Å²) in [5, 5.41) is 0. The van der Waals surface area contributed by atoms with Crippen LogP contribution in [0, 0.1) is 19.8 Å². The van der Waals surface area contributed by atoms with E-state index in [0.717, 1.165) is 35.3 Å². The van der Waals surface area contributed by atoms with Gasteiger partial charge >= 0.3 is 5.97 Å². The first-order valence-electron chi connectivity index (χ1n) is 8.59. The summed E-state index contributed by atoms with van der Waals surface area (Å²) in [4.78, 5) is 35.0. The van der Waals surface area contributed by atoms with E-state index in [9.17, 15) is 9.59 Å². The minimum atomic E-state index is -0.177. The SMILES string of the molecule is COC(=O)CC1CCN(C(=O)c2ccc3nc(C)c(C)nc3c2)CC1. The van der Waals surface area contributed by atoms with Crippen molar-refractivity contribution >= 4 is 22.9 Å². The van der Waals surface area contributed by atoms with E-state index in [1.807, 2.05) is 36.9 Å². The molecule has 0 N–H and O–H groups in total. The standard InChI is InChI=1S/C19H23N3O3/c1-12-13(2)21-17-11-15(4-5-16(17)20-12)19(24)22-8-6-14(7-9-22)10-18(23)25-3/h4-5,11,14H,6-10H2,1-3H3. The van der Waals surface area contributed by atoms with Gasteiger partial charge in [-0.05, 0) is 50.8 Å². The van der Waals surface area contributed by atoms with Crippen LogP contribution in [0.1, 0.15) is 41.0 Å². The predicted molar refractivity (Wildman–Crippen MR) is 94.3 cm³/mol. The second kappa shape index (κ2) is 7.17. The number of methoxy groups -OCH3 is 1. The molecule has 1 amide bonds. The van der Waals surface area contributed by atoms with Crippen LogP contribution in [0.15, 0.2) is 18.2 Å². The van der Waals surface area contributed by atoms with Crippen LogP contribution in [0.25, 0.3) is 11.0 Å². The number of carbonyl (C=O) groups excluding carboxylic acids is 2. The zero-order valence-corrected chi connectivity index (χ0v) is 14.9. The van der Waals surface area contributed by atoms with E-state index in [2.05, 4.69) is 9.97 Å². The number of ether oxygens (including phenoxy) is 1. The van der Waals surface area contributed by atoms with Gasteiger partial charge in [0.15, 0.2) is 0 Å². The summed E-state index contributed by atoms with van der Waals surface area (Å²) in [5.74, 6) is 0.131. The molecule has 1 aromatic heterocycles. The number of esters is 1. The Kier molecular flexibility index (Phi) is 4.97. The second-order valence-corrected chi connectivity index (χ2v) is 6.61. The van der Waals surface area contributed by atoms with Gasteiger partial charge in [0, 0.05) is 25.1 Å². The lowest BCUT2D eigenvalue weighted by Gasteiger charge is -2.31. The Hall–Kier alpha value is -2.50. The molecular weight excluding hydrogens is 318 g/mol. The number of carbonyl (C=O) groups is 2. The fraction of sp³-hybridized carbons (Fsp3) is 0.474. The predicted octanol–water partition coefficient (Wildman–Crippen LogP) is 2.66. The average molecular weight is 341 g/mol. The highest BCUT2D eigenvalue weighted by atomic mass is 16.5. The zero-order chi connectivity index (χ0) is 18.0. The van der Waals surface area contributed by atoms with E-state index in [4.69, 9.17) is 4.74 Å². The smallest absolute Gasteiger partial charge is 0.305 e. The van der Waals surface area contributed by atoms with Gasteiger partial charge in [0.25, 0.3) is 5.91 Å². The number of piperidine rings is 1. The Balaban J connectivity index is 1.70. The molecule has 0 unspecified atom stereocenters. The van der Waals surface area contributed by atoms with Gasteiger partial charge in [-0.25, -0.2) is 9.97 Å². The minimum Gasteiger partial charge on any atom is -0.469 e. The van der Waals surface area contributed by atoms with E-state index in [-0.39, 0.29) is 11.9 Å². The number of rotatable bonds is 3. The number of nitrogens with zero attached hydrogens (tertiary/aromatic N) is 3. The Morgan fingerprint density at radius 1 is 1.12 bits per heavy atom. The van der Waals surface area contributed by atoms with Gasteiger partial charge in [0.2, 0.25) is 0 Å². The van der Waals surface area contributed by atoms with Crippen LogP contribution in [-0.2, 0) is 9.53 Å². The molecule has 132 valence electrons. The van der Waals surface area contributed by atoms with Crippen molar-refractivity contribution < 1.29 is 14.3 Å². The van der Waals surface area contributed by atoms with E-state index in [1.165, 1.54) is 7.11 Å². The molecule has 3 rings (SSSR count). The normalized spacial score (nSPS) is 15.4. The molecule has 1 saturated heterocycles. The summed E-state index contributed by atoms with van der Waals surface area (Å²) in [6, 6.07) is 5.48. The fourth-order valence-corrected chi connectivity index (χ4v) is 3.21. The van der Waals surface area contributed by atoms with Crippen molar-refractivity contribution in [2.24, 2.45) is 5.92 Å². The Labute approximate surface area is 147 Å². The quantitative estimate of drug-likeness (QED) is 0.803. The maximum Gasteiger partial charge on any atom is 0.305 e. The number of likely N-dealkylation sites (tertiary alicyclic amines) is 1. The molecule has 6 heteroatoms. The Morgan fingerprint density at radius 3 is 2.40 bits per heavy atom. The molecule has 2 aromatic rings. The number of hydrogen-bond donors (Lipinski definition) is 0. The van der Waals surface area contributed by atoms with Crippen molar-refractivity contribution in [1.29, 1.82) is 0 Å². The molecule has 0 spiro atoms. The number of aromatic nitrogens is 2. The van der Waals surface area contributed by atoms with Crippen molar-refractivity contribution in [2.75, 3.05) is 20.2 Å². The minimum absolute atomic E-state index is 0.0125. The van der Waals surface area contributed by atoms with Crippen LogP contribution >= 0.6 is 0 Å². The van der Waals surface area contributed by atoms with Crippen LogP contribution < -0.4 is 0 Å². The molecule has 6 nitrogen and oxygen atoms in total. The van der Waals surface area contributed by atoms with Crippen LogP contribution in [0.3, 0.4) is 0 Å². The van der Waals surface area contributed by atoms with Crippen LogP contribution in [0.4, 0.5) is 0 Å². The van der Waals surface area contributed by atoms with Gasteiger partial charge < -0.3 is 9.64 Å². The molecule has 0 saturated carbocycles. The largest absolute Gasteiger partial charge is 0.469 e. The fourth-order valence-electron chi connectivity index (χ4n) is 3.21. The van der Waals surface area contributed by atoms with E-state index < -0.39 is 0 Å². The van der Waals surface area contributed by atoms with E-state index >= 15 is 0 Å².